The number of benzene rings is 1. The maximum Gasteiger partial charge on any atom is 0.0475 e. The van der Waals surface area contributed by atoms with Gasteiger partial charge < -0.3 is 4.74 Å². The second kappa shape index (κ2) is 7.39. The van der Waals surface area contributed by atoms with Gasteiger partial charge in [-0.2, -0.15) is 0 Å². The molecule has 3 heteroatoms. The van der Waals surface area contributed by atoms with Crippen LogP contribution < -0.4 is 5.43 Å². The second-order valence-electron chi connectivity index (χ2n) is 3.98. The molecule has 0 radical (unpaired) electrons. The van der Waals surface area contributed by atoms with Gasteiger partial charge in [0.05, 0.1) is 0 Å². The Morgan fingerprint density at radius 1 is 1.25 bits per heavy atom. The zero-order valence-corrected chi connectivity index (χ0v) is 10.5. The van der Waals surface area contributed by atoms with Crippen LogP contribution in [-0.2, 0) is 11.3 Å². The van der Waals surface area contributed by atoms with Crippen molar-refractivity contribution in [2.45, 2.75) is 19.9 Å². The molecule has 0 atom stereocenters. The Labute approximate surface area is 98.4 Å². The summed E-state index contributed by atoms with van der Waals surface area (Å²) in [6, 6.07) is 8.66. The predicted octanol–water partition coefficient (Wildman–Crippen LogP) is 1.97. The second-order valence-corrected chi connectivity index (χ2v) is 3.98. The van der Waals surface area contributed by atoms with E-state index in [0.717, 1.165) is 26.1 Å². The van der Waals surface area contributed by atoms with Crippen molar-refractivity contribution >= 4 is 0 Å². The monoisotopic (exact) mass is 222 g/mol. The molecular formula is C13H22N2O. The Bertz CT molecular complexity index is 284. The van der Waals surface area contributed by atoms with Crippen LogP contribution in [0.5, 0.6) is 0 Å². The van der Waals surface area contributed by atoms with Gasteiger partial charge in [0.2, 0.25) is 0 Å². The lowest BCUT2D eigenvalue weighted by Gasteiger charge is -2.21. The van der Waals surface area contributed by atoms with E-state index in [1.54, 1.807) is 7.11 Å². The molecule has 1 rings (SSSR count). The third-order valence-electron chi connectivity index (χ3n) is 2.59. The van der Waals surface area contributed by atoms with Crippen molar-refractivity contribution in [2.24, 2.45) is 0 Å². The molecule has 0 aliphatic rings. The van der Waals surface area contributed by atoms with Gasteiger partial charge in [-0.3, -0.25) is 5.43 Å². The summed E-state index contributed by atoms with van der Waals surface area (Å²) >= 11 is 0. The number of nitrogens with zero attached hydrogens (tertiary/aromatic N) is 1. The van der Waals surface area contributed by atoms with Crippen LogP contribution in [0.25, 0.3) is 0 Å². The Kier molecular flexibility index (Phi) is 6.08. The van der Waals surface area contributed by atoms with Gasteiger partial charge >= 0.3 is 0 Å². The number of rotatable bonds is 7. The van der Waals surface area contributed by atoms with Crippen molar-refractivity contribution in [3.63, 3.8) is 0 Å². The van der Waals surface area contributed by atoms with Crippen molar-refractivity contribution < 1.29 is 4.74 Å². The highest BCUT2D eigenvalue weighted by molar-refractivity contribution is 5.21. The van der Waals surface area contributed by atoms with Gasteiger partial charge in [0.1, 0.15) is 0 Å². The number of hydrogen-bond acceptors (Lipinski definition) is 3. The minimum atomic E-state index is 0.812. The summed E-state index contributed by atoms with van der Waals surface area (Å²) < 4.78 is 5.05. The molecule has 0 saturated carbocycles. The van der Waals surface area contributed by atoms with Gasteiger partial charge in [0.15, 0.2) is 0 Å². The summed E-state index contributed by atoms with van der Waals surface area (Å²) in [5.41, 5.74) is 5.84. The Balaban J connectivity index is 2.40. The lowest BCUT2D eigenvalue weighted by Crippen LogP contribution is -2.35. The third-order valence-corrected chi connectivity index (χ3v) is 2.59. The molecule has 0 saturated heterocycles. The lowest BCUT2D eigenvalue weighted by atomic mass is 10.1. The fourth-order valence-corrected chi connectivity index (χ4v) is 1.58. The molecule has 0 heterocycles. The fourth-order valence-electron chi connectivity index (χ4n) is 1.58. The van der Waals surface area contributed by atoms with Crippen molar-refractivity contribution in [3.05, 3.63) is 35.4 Å². The zero-order chi connectivity index (χ0) is 11.8. The summed E-state index contributed by atoms with van der Waals surface area (Å²) in [6.45, 7) is 4.85. The fraction of sp³-hybridized carbons (Fsp3) is 0.538. The van der Waals surface area contributed by atoms with E-state index >= 15 is 0 Å². The normalized spacial score (nSPS) is 11.0. The summed E-state index contributed by atoms with van der Waals surface area (Å²) in [7, 11) is 3.70. The first-order valence-electron chi connectivity index (χ1n) is 5.73. The predicted molar refractivity (Wildman–Crippen MR) is 67.1 cm³/mol. The molecule has 0 amide bonds. The molecule has 1 aromatic rings. The van der Waals surface area contributed by atoms with Gasteiger partial charge in [-0.15, -0.1) is 0 Å². The molecule has 0 fully saturated rings. The number of methoxy groups -OCH3 is 1. The van der Waals surface area contributed by atoms with E-state index in [4.69, 9.17) is 4.74 Å². The lowest BCUT2D eigenvalue weighted by molar-refractivity contribution is 0.147. The number of nitrogens with one attached hydrogen (secondary N) is 1. The largest absolute Gasteiger partial charge is 0.385 e. The van der Waals surface area contributed by atoms with Crippen LogP contribution in [0, 0.1) is 6.92 Å². The molecule has 1 aromatic carbocycles. The van der Waals surface area contributed by atoms with Crippen molar-refractivity contribution in [1.29, 1.82) is 0 Å². The molecule has 0 unspecified atom stereocenters. The van der Waals surface area contributed by atoms with Gasteiger partial charge in [-0.1, -0.05) is 29.8 Å². The van der Waals surface area contributed by atoms with Crippen LogP contribution in [0.1, 0.15) is 17.5 Å². The van der Waals surface area contributed by atoms with Gasteiger partial charge in [0, 0.05) is 26.8 Å². The van der Waals surface area contributed by atoms with Crippen LogP contribution in [0.4, 0.5) is 0 Å². The molecule has 1 N–H and O–H groups in total. The first-order valence-corrected chi connectivity index (χ1v) is 5.73. The zero-order valence-electron chi connectivity index (χ0n) is 10.5. The van der Waals surface area contributed by atoms with Crippen molar-refractivity contribution in [1.82, 2.24) is 10.4 Å². The van der Waals surface area contributed by atoms with Gasteiger partial charge in [-0.25, -0.2) is 5.01 Å². The molecule has 16 heavy (non-hydrogen) atoms. The maximum atomic E-state index is 5.05. The van der Waals surface area contributed by atoms with E-state index < -0.39 is 0 Å². The van der Waals surface area contributed by atoms with Crippen LogP contribution in [0.3, 0.4) is 0 Å². The number of ether oxygens (including phenoxy) is 1. The SMILES string of the molecule is CNN(CCCOC)Cc1ccc(C)cc1. The molecule has 90 valence electrons. The highest BCUT2D eigenvalue weighted by Gasteiger charge is 2.02. The average molecular weight is 222 g/mol. The van der Waals surface area contributed by atoms with Crippen LogP contribution in [-0.4, -0.2) is 32.3 Å². The Hall–Kier alpha value is -0.900. The molecule has 0 aliphatic heterocycles. The number of hydrazine groups is 1. The molecule has 0 aliphatic carbocycles. The quantitative estimate of drug-likeness (QED) is 0.564. The molecule has 0 aromatic heterocycles. The topological polar surface area (TPSA) is 24.5 Å². The standard InChI is InChI=1S/C13H22N2O/c1-12-5-7-13(8-6-12)11-15(14-2)9-4-10-16-3/h5-8,14H,4,9-11H2,1-3H3. The highest BCUT2D eigenvalue weighted by Crippen LogP contribution is 2.05. The first kappa shape index (κ1) is 13.2. The molecule has 0 spiro atoms. The van der Waals surface area contributed by atoms with E-state index in [2.05, 4.69) is 41.6 Å². The van der Waals surface area contributed by atoms with E-state index in [9.17, 15) is 0 Å². The summed E-state index contributed by atoms with van der Waals surface area (Å²) in [6.07, 6.45) is 1.04. The maximum absolute atomic E-state index is 5.05. The summed E-state index contributed by atoms with van der Waals surface area (Å²) in [4.78, 5) is 0. The van der Waals surface area contributed by atoms with E-state index in [1.807, 2.05) is 7.05 Å². The van der Waals surface area contributed by atoms with Crippen molar-refractivity contribution in [3.8, 4) is 0 Å². The summed E-state index contributed by atoms with van der Waals surface area (Å²) in [5, 5.41) is 2.20. The number of aryl methyl sites for hydroxylation is 1. The van der Waals surface area contributed by atoms with Gasteiger partial charge in [0.25, 0.3) is 0 Å². The van der Waals surface area contributed by atoms with E-state index in [1.165, 1.54) is 11.1 Å². The smallest absolute Gasteiger partial charge is 0.0475 e. The van der Waals surface area contributed by atoms with Crippen LogP contribution >= 0.6 is 0 Å². The highest BCUT2D eigenvalue weighted by atomic mass is 16.5. The first-order chi connectivity index (χ1) is 7.76. The third kappa shape index (κ3) is 4.75. The Morgan fingerprint density at radius 2 is 1.94 bits per heavy atom. The van der Waals surface area contributed by atoms with E-state index in [0.29, 0.717) is 0 Å². The number of hydrogen-bond donors (Lipinski definition) is 1. The van der Waals surface area contributed by atoms with Crippen LogP contribution in [0.15, 0.2) is 24.3 Å². The molecule has 0 bridgehead atoms. The molecular weight excluding hydrogens is 200 g/mol. The average Bonchev–Trinajstić information content (AvgIpc) is 2.31. The minimum Gasteiger partial charge on any atom is -0.385 e. The van der Waals surface area contributed by atoms with Crippen LogP contribution in [0.2, 0.25) is 0 Å². The minimum absolute atomic E-state index is 0.812. The van der Waals surface area contributed by atoms with Gasteiger partial charge in [-0.05, 0) is 26.0 Å². The molecule has 3 nitrogen and oxygen atoms in total. The summed E-state index contributed by atoms with van der Waals surface area (Å²) in [5.74, 6) is 0. The van der Waals surface area contributed by atoms with Crippen molar-refractivity contribution in [2.75, 3.05) is 27.3 Å². The Morgan fingerprint density at radius 3 is 2.50 bits per heavy atom. The van der Waals surface area contributed by atoms with E-state index in [-0.39, 0.29) is 0 Å².